The van der Waals surface area contributed by atoms with Crippen LogP contribution in [0, 0.1) is 0 Å². The van der Waals surface area contributed by atoms with E-state index in [0.717, 1.165) is 78.6 Å². The first kappa shape index (κ1) is 52.3. The normalized spacial score (nSPS) is 16.6. The largest absolute Gasteiger partial charge is 0.311 e. The summed E-state index contributed by atoms with van der Waals surface area (Å²) in [6.07, 6.45) is 48.8. The fourth-order valence-corrected chi connectivity index (χ4v) is 10.3. The highest BCUT2D eigenvalue weighted by atomic mass is 16.7. The molecule has 3 aliphatic rings. The van der Waals surface area contributed by atoms with Crippen LogP contribution in [-0.2, 0) is 14.4 Å². The Morgan fingerprint density at radius 2 is 1.00 bits per heavy atom. The van der Waals surface area contributed by atoms with Crippen molar-refractivity contribution < 1.29 is 14.4 Å². The summed E-state index contributed by atoms with van der Waals surface area (Å²) >= 11 is 0. The molecule has 0 aromatic heterocycles. The number of benzene rings is 2. The topological polar surface area (TPSA) is 61.9 Å². The molecule has 2 unspecified atom stereocenters. The van der Waals surface area contributed by atoms with E-state index in [-0.39, 0.29) is 11.8 Å². The van der Waals surface area contributed by atoms with Gasteiger partial charge in [0.25, 0.3) is 0 Å². The first-order chi connectivity index (χ1) is 32.1. The average Bonchev–Trinajstić information content (AvgIpc) is 3.47. The van der Waals surface area contributed by atoms with E-state index in [1.165, 1.54) is 167 Å². The van der Waals surface area contributed by atoms with Crippen molar-refractivity contribution in [3.05, 3.63) is 94.7 Å². The molecule has 2 heterocycles. The molecule has 6 heteroatoms. The predicted molar refractivity (Wildman–Crippen MR) is 275 cm³/mol. The standard InChI is InChI=1S/C59H91N3O3/c1-3-5-7-9-11-13-15-17-19-21-23-25-27-29-31-36-47-55(63)60-59-61(56(64)48-37-32-30-28-26-24-22-20-18-16-14-12-10-8-6-4-2)57(50-41-34-33-35-42-50)53-45-40-44-52-49-51-43-38-39-46-54(51)62(65-59)58(52)53/h33-35,38-43,45-46,49,57,59H,3-32,36-37,44,47-48H2,1-2H3,(H,60,63). The zero-order valence-electron chi connectivity index (χ0n) is 41.5. The number of unbranched alkanes of at least 4 members (excludes halogenated alkanes) is 30. The third kappa shape index (κ3) is 18.5. The van der Waals surface area contributed by atoms with Crippen LogP contribution in [0.4, 0.5) is 5.69 Å². The molecule has 2 aromatic carbocycles. The van der Waals surface area contributed by atoms with Gasteiger partial charge in [0.1, 0.15) is 0 Å². The third-order valence-corrected chi connectivity index (χ3v) is 14.1. The third-order valence-electron chi connectivity index (χ3n) is 14.1. The molecule has 2 aliphatic heterocycles. The highest BCUT2D eigenvalue weighted by Crippen LogP contribution is 2.47. The number of nitrogens with zero attached hydrogens (tertiary/aromatic N) is 2. The number of carbonyl (C=O) groups is 2. The van der Waals surface area contributed by atoms with Gasteiger partial charge in [-0.25, -0.2) is 9.90 Å². The first-order valence-corrected chi connectivity index (χ1v) is 27.5. The number of hydrogen-bond donors (Lipinski definition) is 1. The quantitative estimate of drug-likeness (QED) is 0.0693. The number of hydrogen-bond acceptors (Lipinski definition) is 4. The highest BCUT2D eigenvalue weighted by molar-refractivity contribution is 5.83. The lowest BCUT2D eigenvalue weighted by Crippen LogP contribution is -2.54. The van der Waals surface area contributed by atoms with Crippen LogP contribution in [0.5, 0.6) is 0 Å². The molecule has 6 nitrogen and oxygen atoms in total. The van der Waals surface area contributed by atoms with Crippen LogP contribution < -0.4 is 10.4 Å². The molecule has 1 N–H and O–H groups in total. The van der Waals surface area contributed by atoms with Crippen molar-refractivity contribution in [1.29, 1.82) is 0 Å². The van der Waals surface area contributed by atoms with Gasteiger partial charge in [-0.3, -0.25) is 14.5 Å². The van der Waals surface area contributed by atoms with Gasteiger partial charge in [-0.05, 0) is 42.5 Å². The van der Waals surface area contributed by atoms with Gasteiger partial charge in [-0.2, -0.15) is 0 Å². The van der Waals surface area contributed by atoms with Crippen LogP contribution in [0.15, 0.2) is 83.6 Å². The summed E-state index contributed by atoms with van der Waals surface area (Å²) in [5.74, 6) is -0.0495. The number of carbonyl (C=O) groups excluding carboxylic acids is 2. The van der Waals surface area contributed by atoms with E-state index >= 15 is 0 Å². The fourth-order valence-electron chi connectivity index (χ4n) is 10.3. The second kappa shape index (κ2) is 32.1. The molecule has 360 valence electrons. The molecular formula is C59H91N3O3. The highest BCUT2D eigenvalue weighted by Gasteiger charge is 2.44. The number of hydroxylamine groups is 1. The number of fused-ring (bicyclic) bond motifs is 2. The van der Waals surface area contributed by atoms with E-state index in [9.17, 15) is 9.59 Å². The molecule has 0 radical (unpaired) electrons. The summed E-state index contributed by atoms with van der Waals surface area (Å²) < 4.78 is 0. The number of rotatable bonds is 36. The van der Waals surface area contributed by atoms with Crippen molar-refractivity contribution in [1.82, 2.24) is 10.2 Å². The van der Waals surface area contributed by atoms with Crippen LogP contribution in [0.1, 0.15) is 256 Å². The molecule has 2 aromatic rings. The molecule has 0 fully saturated rings. The molecule has 65 heavy (non-hydrogen) atoms. The lowest BCUT2D eigenvalue weighted by atomic mass is 9.86. The lowest BCUT2D eigenvalue weighted by molar-refractivity contribution is -0.157. The maximum Gasteiger partial charge on any atom is 0.237 e. The van der Waals surface area contributed by atoms with Crippen molar-refractivity contribution >= 4 is 23.6 Å². The zero-order valence-corrected chi connectivity index (χ0v) is 41.5. The molecular weight excluding hydrogens is 799 g/mol. The molecule has 1 aliphatic carbocycles. The van der Waals surface area contributed by atoms with Crippen molar-refractivity contribution in [3.8, 4) is 0 Å². The Kier molecular flexibility index (Phi) is 25.9. The molecule has 0 saturated heterocycles. The molecule has 0 saturated carbocycles. The molecule has 2 atom stereocenters. The van der Waals surface area contributed by atoms with Crippen LogP contribution in [0.2, 0.25) is 0 Å². The number of nitrogens with one attached hydrogen (secondary N) is 1. The minimum atomic E-state index is -0.964. The molecule has 2 amide bonds. The van der Waals surface area contributed by atoms with E-state index in [4.69, 9.17) is 4.84 Å². The van der Waals surface area contributed by atoms with Gasteiger partial charge < -0.3 is 5.32 Å². The summed E-state index contributed by atoms with van der Waals surface area (Å²) in [4.78, 5) is 37.6. The Hall–Kier alpha value is -3.64. The summed E-state index contributed by atoms with van der Waals surface area (Å²) in [7, 11) is 0. The Bertz CT molecular complexity index is 1710. The van der Waals surface area contributed by atoms with Gasteiger partial charge in [0.15, 0.2) is 0 Å². The number of allylic oxidation sites excluding steroid dienone is 2. The van der Waals surface area contributed by atoms with Crippen molar-refractivity contribution in [2.75, 3.05) is 5.06 Å². The Morgan fingerprint density at radius 3 is 1.51 bits per heavy atom. The SMILES string of the molecule is CCCCCCCCCCCCCCCCCCC(=O)NC1ON2C3=C(C=CCC3=Cc3ccccc32)C(c2ccccc2)N1C(=O)CCCCCCCCCCCCCCCCCC. The van der Waals surface area contributed by atoms with Gasteiger partial charge in [-0.1, -0.05) is 267 Å². The summed E-state index contributed by atoms with van der Waals surface area (Å²) in [5.41, 5.74) is 6.18. The Morgan fingerprint density at radius 1 is 0.554 bits per heavy atom. The summed E-state index contributed by atoms with van der Waals surface area (Å²) in [5, 5.41) is 5.19. The van der Waals surface area contributed by atoms with Crippen molar-refractivity contribution in [2.45, 2.75) is 251 Å². The number of para-hydroxylation sites is 1. The van der Waals surface area contributed by atoms with Crippen LogP contribution in [0.3, 0.4) is 0 Å². The minimum Gasteiger partial charge on any atom is -0.311 e. The maximum absolute atomic E-state index is 14.8. The van der Waals surface area contributed by atoms with Crippen LogP contribution in [0.25, 0.3) is 6.08 Å². The molecule has 0 bridgehead atoms. The Balaban J connectivity index is 1.13. The van der Waals surface area contributed by atoms with Crippen LogP contribution >= 0.6 is 0 Å². The second-order valence-electron chi connectivity index (χ2n) is 19.7. The number of amides is 2. The van der Waals surface area contributed by atoms with Crippen molar-refractivity contribution in [3.63, 3.8) is 0 Å². The predicted octanol–water partition coefficient (Wildman–Crippen LogP) is 17.3. The van der Waals surface area contributed by atoms with Gasteiger partial charge in [0, 0.05) is 24.0 Å². The molecule has 0 spiro atoms. The van der Waals surface area contributed by atoms with E-state index < -0.39 is 12.4 Å². The summed E-state index contributed by atoms with van der Waals surface area (Å²) in [6.45, 7) is 4.58. The van der Waals surface area contributed by atoms with Crippen molar-refractivity contribution in [2.24, 2.45) is 0 Å². The van der Waals surface area contributed by atoms with Gasteiger partial charge in [0.05, 0.1) is 17.4 Å². The van der Waals surface area contributed by atoms with E-state index in [1.807, 2.05) is 34.2 Å². The lowest BCUT2D eigenvalue weighted by Gasteiger charge is -2.37. The number of anilines is 1. The molecule has 5 rings (SSSR count). The van der Waals surface area contributed by atoms with Gasteiger partial charge in [-0.15, -0.1) is 0 Å². The maximum atomic E-state index is 14.8. The first-order valence-electron chi connectivity index (χ1n) is 27.5. The van der Waals surface area contributed by atoms with E-state index in [2.05, 4.69) is 67.7 Å². The summed E-state index contributed by atoms with van der Waals surface area (Å²) in [6, 6.07) is 18.2. The van der Waals surface area contributed by atoms with E-state index in [0.29, 0.717) is 12.8 Å². The smallest absolute Gasteiger partial charge is 0.237 e. The monoisotopic (exact) mass is 890 g/mol. The zero-order chi connectivity index (χ0) is 45.6. The second-order valence-corrected chi connectivity index (χ2v) is 19.7. The van der Waals surface area contributed by atoms with Gasteiger partial charge >= 0.3 is 0 Å². The fraction of sp³-hybridized carbons (Fsp3) is 0.661. The average molecular weight is 890 g/mol. The Labute approximate surface area is 397 Å². The van der Waals surface area contributed by atoms with E-state index in [1.54, 1.807) is 0 Å². The minimum absolute atomic E-state index is 0.0164. The van der Waals surface area contributed by atoms with Crippen LogP contribution in [-0.4, -0.2) is 23.1 Å². The van der Waals surface area contributed by atoms with Gasteiger partial charge in [0.2, 0.25) is 18.2 Å².